The molecule has 1 aromatic heterocycles. The Morgan fingerprint density at radius 3 is 3.05 bits per heavy atom. The number of aromatic nitrogens is 3. The van der Waals surface area contributed by atoms with Crippen LogP contribution >= 0.6 is 0 Å². The molecule has 2 aromatic rings. The number of benzene rings is 1. The average Bonchev–Trinajstić information content (AvgIpc) is 2.85. The first kappa shape index (κ1) is 11.5. The Morgan fingerprint density at radius 2 is 2.32 bits per heavy atom. The highest BCUT2D eigenvalue weighted by molar-refractivity contribution is 5.90. The van der Waals surface area contributed by atoms with Gasteiger partial charge in [0.05, 0.1) is 0 Å². The van der Waals surface area contributed by atoms with Crippen molar-refractivity contribution in [3.05, 3.63) is 53.5 Å². The lowest BCUT2D eigenvalue weighted by Crippen LogP contribution is -2.24. The first-order valence-corrected chi connectivity index (χ1v) is 5.83. The van der Waals surface area contributed by atoms with Gasteiger partial charge in [-0.15, -0.1) is 0 Å². The highest BCUT2D eigenvalue weighted by atomic mass is 16.4. The Labute approximate surface area is 109 Å². The number of carboxylic acid groups (broad SMARTS) is 1. The van der Waals surface area contributed by atoms with E-state index in [2.05, 4.69) is 15.4 Å². The summed E-state index contributed by atoms with van der Waals surface area (Å²) in [5.74, 6) is -0.571. The lowest BCUT2D eigenvalue weighted by atomic mass is 10.0. The fraction of sp³-hybridized carbons (Fsp3) is 0.154. The van der Waals surface area contributed by atoms with Crippen molar-refractivity contribution in [2.75, 3.05) is 5.32 Å². The zero-order valence-electron chi connectivity index (χ0n) is 10.2. The second kappa shape index (κ2) is 4.24. The number of allylic oxidation sites excluding steroid dienone is 1. The molecule has 3 rings (SSSR count). The van der Waals surface area contributed by atoms with Crippen molar-refractivity contribution in [2.24, 2.45) is 0 Å². The van der Waals surface area contributed by atoms with Gasteiger partial charge < -0.3 is 10.4 Å². The first-order valence-electron chi connectivity index (χ1n) is 5.83. The summed E-state index contributed by atoms with van der Waals surface area (Å²) in [6.07, 6.45) is 3.04. The van der Waals surface area contributed by atoms with E-state index in [0.717, 1.165) is 11.1 Å². The molecule has 6 nitrogen and oxygen atoms in total. The van der Waals surface area contributed by atoms with Crippen LogP contribution in [0.1, 0.15) is 17.2 Å². The molecule has 0 spiro atoms. The van der Waals surface area contributed by atoms with Crippen LogP contribution in [0.25, 0.3) is 0 Å². The highest BCUT2D eigenvalue weighted by Crippen LogP contribution is 2.28. The molecular weight excluding hydrogens is 244 g/mol. The van der Waals surface area contributed by atoms with Crippen LogP contribution in [-0.4, -0.2) is 25.8 Å². The molecule has 0 saturated heterocycles. The molecular formula is C13H12N4O2. The van der Waals surface area contributed by atoms with Crippen molar-refractivity contribution in [3.8, 4) is 0 Å². The predicted molar refractivity (Wildman–Crippen MR) is 68.7 cm³/mol. The Morgan fingerprint density at radius 1 is 1.47 bits per heavy atom. The summed E-state index contributed by atoms with van der Waals surface area (Å²) in [5.41, 5.74) is 2.21. The van der Waals surface area contributed by atoms with Gasteiger partial charge in [0.2, 0.25) is 5.95 Å². The number of carbonyl (C=O) groups is 1. The van der Waals surface area contributed by atoms with E-state index in [4.69, 9.17) is 5.11 Å². The van der Waals surface area contributed by atoms with Gasteiger partial charge in [-0.05, 0) is 18.6 Å². The fourth-order valence-electron chi connectivity index (χ4n) is 2.15. The van der Waals surface area contributed by atoms with Crippen LogP contribution in [0.4, 0.5) is 5.95 Å². The molecule has 0 aliphatic carbocycles. The molecule has 0 unspecified atom stereocenters. The summed E-state index contributed by atoms with van der Waals surface area (Å²) >= 11 is 0. The fourth-order valence-corrected chi connectivity index (χ4v) is 2.15. The lowest BCUT2D eigenvalue weighted by molar-refractivity contribution is -0.132. The van der Waals surface area contributed by atoms with Gasteiger partial charge in [-0.1, -0.05) is 29.8 Å². The zero-order valence-corrected chi connectivity index (χ0v) is 10.2. The van der Waals surface area contributed by atoms with Crippen molar-refractivity contribution < 1.29 is 9.90 Å². The summed E-state index contributed by atoms with van der Waals surface area (Å²) in [6, 6.07) is 7.64. The van der Waals surface area contributed by atoms with Crippen LogP contribution in [0.2, 0.25) is 0 Å². The third-order valence-corrected chi connectivity index (χ3v) is 3.02. The predicted octanol–water partition coefficient (Wildman–Crippen LogP) is 1.57. The molecule has 2 N–H and O–H groups in total. The SMILES string of the molecule is Cc1cccc([C@H]2C=C(C(=O)O)Nc3ncnn32)c1. The van der Waals surface area contributed by atoms with E-state index in [0.29, 0.717) is 5.95 Å². The number of nitrogens with zero attached hydrogens (tertiary/aromatic N) is 3. The number of anilines is 1. The van der Waals surface area contributed by atoms with Gasteiger partial charge >= 0.3 is 5.97 Å². The number of carboxylic acids is 1. The van der Waals surface area contributed by atoms with Crippen LogP contribution in [-0.2, 0) is 4.79 Å². The summed E-state index contributed by atoms with van der Waals surface area (Å²) in [7, 11) is 0. The zero-order chi connectivity index (χ0) is 13.4. The van der Waals surface area contributed by atoms with Gasteiger partial charge in [-0.2, -0.15) is 10.1 Å². The molecule has 96 valence electrons. The molecule has 0 bridgehead atoms. The first-order chi connectivity index (χ1) is 9.15. The van der Waals surface area contributed by atoms with E-state index < -0.39 is 5.97 Å². The standard InChI is InChI=1S/C13H12N4O2/c1-8-3-2-4-9(5-8)11-6-10(12(18)19)16-13-14-7-15-17(11)13/h2-7,11H,1H3,(H,18,19)(H,14,15,16)/t11-/m1/s1. The summed E-state index contributed by atoms with van der Waals surface area (Å²) in [6.45, 7) is 1.99. The minimum atomic E-state index is -1.01. The number of nitrogens with one attached hydrogen (secondary N) is 1. The number of rotatable bonds is 2. The second-order valence-corrected chi connectivity index (χ2v) is 4.40. The Balaban J connectivity index is 2.11. The maximum atomic E-state index is 11.1. The minimum Gasteiger partial charge on any atom is -0.477 e. The van der Waals surface area contributed by atoms with E-state index in [1.807, 2.05) is 31.2 Å². The van der Waals surface area contributed by atoms with E-state index in [1.54, 1.807) is 10.8 Å². The number of aryl methyl sites for hydroxylation is 1. The number of fused-ring (bicyclic) bond motifs is 1. The van der Waals surface area contributed by atoms with Crippen molar-refractivity contribution in [1.82, 2.24) is 14.8 Å². The molecule has 1 aliphatic rings. The summed E-state index contributed by atoms with van der Waals surface area (Å²) in [4.78, 5) is 15.2. The molecule has 1 atom stereocenters. The van der Waals surface area contributed by atoms with E-state index in [1.165, 1.54) is 6.33 Å². The Hall–Kier alpha value is -2.63. The topological polar surface area (TPSA) is 80.0 Å². The number of hydrogen-bond donors (Lipinski definition) is 2. The minimum absolute atomic E-state index is 0.118. The maximum Gasteiger partial charge on any atom is 0.352 e. The third-order valence-electron chi connectivity index (χ3n) is 3.02. The van der Waals surface area contributed by atoms with Gasteiger partial charge in [-0.3, -0.25) is 0 Å². The van der Waals surface area contributed by atoms with Crippen LogP contribution in [0, 0.1) is 6.92 Å². The normalized spacial score (nSPS) is 17.3. The van der Waals surface area contributed by atoms with Crippen LogP contribution in [0.5, 0.6) is 0 Å². The smallest absolute Gasteiger partial charge is 0.352 e. The lowest BCUT2D eigenvalue weighted by Gasteiger charge is -2.22. The molecule has 1 aliphatic heterocycles. The maximum absolute atomic E-state index is 11.1. The molecule has 2 heterocycles. The van der Waals surface area contributed by atoms with Crippen molar-refractivity contribution >= 4 is 11.9 Å². The van der Waals surface area contributed by atoms with E-state index >= 15 is 0 Å². The quantitative estimate of drug-likeness (QED) is 0.852. The molecule has 6 heteroatoms. The Kier molecular flexibility index (Phi) is 2.56. The molecule has 0 radical (unpaired) electrons. The number of aliphatic carboxylic acids is 1. The van der Waals surface area contributed by atoms with Crippen LogP contribution in [0.3, 0.4) is 0 Å². The average molecular weight is 256 g/mol. The summed E-state index contributed by atoms with van der Waals surface area (Å²) in [5, 5.41) is 16.0. The molecule has 1 aromatic carbocycles. The van der Waals surface area contributed by atoms with E-state index in [-0.39, 0.29) is 11.7 Å². The largest absolute Gasteiger partial charge is 0.477 e. The summed E-state index contributed by atoms with van der Waals surface area (Å²) < 4.78 is 1.67. The van der Waals surface area contributed by atoms with Gasteiger partial charge in [0.25, 0.3) is 0 Å². The molecule has 19 heavy (non-hydrogen) atoms. The van der Waals surface area contributed by atoms with Gasteiger partial charge in [-0.25, -0.2) is 9.48 Å². The highest BCUT2D eigenvalue weighted by Gasteiger charge is 2.25. The monoisotopic (exact) mass is 256 g/mol. The number of hydrogen-bond acceptors (Lipinski definition) is 4. The van der Waals surface area contributed by atoms with E-state index in [9.17, 15) is 4.79 Å². The van der Waals surface area contributed by atoms with Crippen molar-refractivity contribution in [3.63, 3.8) is 0 Å². The van der Waals surface area contributed by atoms with Crippen molar-refractivity contribution in [2.45, 2.75) is 13.0 Å². The molecule has 0 saturated carbocycles. The van der Waals surface area contributed by atoms with Crippen LogP contribution in [0.15, 0.2) is 42.4 Å². The molecule has 0 amide bonds. The van der Waals surface area contributed by atoms with Gasteiger partial charge in [0.1, 0.15) is 18.1 Å². The van der Waals surface area contributed by atoms with Crippen molar-refractivity contribution in [1.29, 1.82) is 0 Å². The third kappa shape index (κ3) is 1.97. The molecule has 0 fully saturated rings. The van der Waals surface area contributed by atoms with Gasteiger partial charge in [0.15, 0.2) is 0 Å². The Bertz CT molecular complexity index is 675. The van der Waals surface area contributed by atoms with Gasteiger partial charge in [0, 0.05) is 0 Å². The van der Waals surface area contributed by atoms with Crippen LogP contribution < -0.4 is 5.32 Å². The second-order valence-electron chi connectivity index (χ2n) is 4.40.